The van der Waals surface area contributed by atoms with E-state index in [1.165, 1.54) is 30.2 Å². The number of carbonyl (C=O) groups is 2. The van der Waals surface area contributed by atoms with Gasteiger partial charge in [-0.1, -0.05) is 67.1 Å². The van der Waals surface area contributed by atoms with E-state index in [1.807, 2.05) is 6.92 Å². The van der Waals surface area contributed by atoms with Crippen molar-refractivity contribution in [1.29, 1.82) is 0 Å². The largest absolute Gasteiger partial charge is 0.495 e. The average Bonchev–Trinajstić information content (AvgIpc) is 2.88. The van der Waals surface area contributed by atoms with Gasteiger partial charge in [-0.2, -0.15) is 0 Å². The molecule has 2 amide bonds. The van der Waals surface area contributed by atoms with Gasteiger partial charge in [0, 0.05) is 22.6 Å². The summed E-state index contributed by atoms with van der Waals surface area (Å²) < 4.78 is 31.7. The fourth-order valence-corrected chi connectivity index (χ4v) is 6.28. The number of amides is 2. The smallest absolute Gasteiger partial charge is 0.244 e. The Morgan fingerprint density at radius 1 is 1.05 bits per heavy atom. The van der Waals surface area contributed by atoms with Crippen LogP contribution < -0.4 is 14.4 Å². The summed E-state index contributed by atoms with van der Waals surface area (Å²) in [5, 5.41) is 4.07. The van der Waals surface area contributed by atoms with Crippen molar-refractivity contribution in [1.82, 2.24) is 10.2 Å². The van der Waals surface area contributed by atoms with Gasteiger partial charge in [-0.3, -0.25) is 13.9 Å². The first-order chi connectivity index (χ1) is 18.4. The maximum atomic E-state index is 13.9. The van der Waals surface area contributed by atoms with Crippen LogP contribution in [-0.2, 0) is 26.2 Å². The first-order valence-electron chi connectivity index (χ1n) is 12.8. The molecule has 0 spiro atoms. The number of carbonyl (C=O) groups excluding carboxylic acids is 2. The van der Waals surface area contributed by atoms with Crippen LogP contribution in [0.4, 0.5) is 5.69 Å². The number of halogens is 3. The van der Waals surface area contributed by atoms with E-state index in [4.69, 9.17) is 39.5 Å². The molecule has 0 aliphatic heterocycles. The highest BCUT2D eigenvalue weighted by Gasteiger charge is 2.33. The van der Waals surface area contributed by atoms with Gasteiger partial charge in [0.05, 0.1) is 24.1 Å². The van der Waals surface area contributed by atoms with Gasteiger partial charge >= 0.3 is 0 Å². The molecule has 3 rings (SSSR count). The van der Waals surface area contributed by atoms with Crippen molar-refractivity contribution < 1.29 is 22.7 Å². The van der Waals surface area contributed by atoms with Crippen molar-refractivity contribution in [3.05, 3.63) is 57.0 Å². The number of methoxy groups -OCH3 is 1. The first kappa shape index (κ1) is 31.3. The third-order valence-electron chi connectivity index (χ3n) is 6.80. The van der Waals surface area contributed by atoms with Gasteiger partial charge in [0.15, 0.2) is 0 Å². The number of nitrogens with zero attached hydrogens (tertiary/aromatic N) is 2. The molecule has 0 bridgehead atoms. The lowest BCUT2D eigenvalue weighted by molar-refractivity contribution is -0.140. The van der Waals surface area contributed by atoms with Crippen LogP contribution in [-0.4, -0.2) is 57.1 Å². The number of ether oxygens (including phenoxy) is 1. The fraction of sp³-hybridized carbons (Fsp3) is 0.481. The Hall–Kier alpha value is -2.20. The molecule has 0 radical (unpaired) electrons. The quantitative estimate of drug-likeness (QED) is 0.350. The first-order valence-corrected chi connectivity index (χ1v) is 15.8. The monoisotopic (exact) mass is 617 g/mol. The Bertz CT molecular complexity index is 1290. The minimum Gasteiger partial charge on any atom is -0.495 e. The summed E-state index contributed by atoms with van der Waals surface area (Å²) in [7, 11) is -2.46. The van der Waals surface area contributed by atoms with Crippen LogP contribution in [0.2, 0.25) is 15.1 Å². The van der Waals surface area contributed by atoms with Crippen molar-refractivity contribution in [2.75, 3.05) is 24.2 Å². The van der Waals surface area contributed by atoms with Gasteiger partial charge in [0.1, 0.15) is 18.3 Å². The molecule has 1 aliphatic rings. The number of nitrogens with one attached hydrogen (secondary N) is 1. The second-order valence-electron chi connectivity index (χ2n) is 9.61. The Balaban J connectivity index is 1.96. The average molecular weight is 619 g/mol. The van der Waals surface area contributed by atoms with Crippen LogP contribution >= 0.6 is 34.8 Å². The predicted octanol–water partition coefficient (Wildman–Crippen LogP) is 5.68. The maximum absolute atomic E-state index is 13.9. The standard InChI is InChI=1S/C27H34Cl3N3O5S/c1-4-24(27(35)31-20-8-6-5-7-9-20)32(16-18-10-11-19(28)14-22(18)29)26(34)17-33(39(3,36)37)21-12-13-25(38-2)23(30)15-21/h10-15,20,24H,4-9,16-17H2,1-3H3,(H,31,35)/t24-/m1/s1. The lowest BCUT2D eigenvalue weighted by Gasteiger charge is -2.34. The van der Waals surface area contributed by atoms with Gasteiger partial charge in [-0.25, -0.2) is 8.42 Å². The Labute approximate surface area is 245 Å². The summed E-state index contributed by atoms with van der Waals surface area (Å²) in [5.41, 5.74) is 0.776. The van der Waals surface area contributed by atoms with E-state index in [2.05, 4.69) is 5.32 Å². The van der Waals surface area contributed by atoms with E-state index in [0.717, 1.165) is 42.7 Å². The van der Waals surface area contributed by atoms with Crippen LogP contribution in [0.15, 0.2) is 36.4 Å². The second kappa shape index (κ2) is 13.9. The number of sulfonamides is 1. The minimum absolute atomic E-state index is 0.00754. The van der Waals surface area contributed by atoms with Gasteiger partial charge in [0.2, 0.25) is 21.8 Å². The molecule has 2 aromatic rings. The minimum atomic E-state index is -3.90. The van der Waals surface area contributed by atoms with Crippen LogP contribution in [0.25, 0.3) is 0 Å². The molecule has 1 saturated carbocycles. The molecule has 2 aromatic carbocycles. The molecule has 39 heavy (non-hydrogen) atoms. The Morgan fingerprint density at radius 2 is 1.74 bits per heavy atom. The molecule has 1 fully saturated rings. The number of rotatable bonds is 11. The van der Waals surface area contributed by atoms with Crippen LogP contribution in [0.3, 0.4) is 0 Å². The third-order valence-corrected chi connectivity index (χ3v) is 8.82. The molecular formula is C27H34Cl3N3O5S. The second-order valence-corrected chi connectivity index (χ2v) is 12.8. The molecule has 0 saturated heterocycles. The van der Waals surface area contributed by atoms with E-state index in [-0.39, 0.29) is 29.2 Å². The molecule has 1 N–H and O–H groups in total. The van der Waals surface area contributed by atoms with E-state index < -0.39 is 28.5 Å². The highest BCUT2D eigenvalue weighted by atomic mass is 35.5. The topological polar surface area (TPSA) is 96.0 Å². The molecule has 12 heteroatoms. The maximum Gasteiger partial charge on any atom is 0.244 e. The SMILES string of the molecule is CC[C@H](C(=O)NC1CCCCC1)N(Cc1ccc(Cl)cc1Cl)C(=O)CN(c1ccc(OC)c(Cl)c1)S(C)(=O)=O. The predicted molar refractivity (Wildman–Crippen MR) is 156 cm³/mol. The van der Waals surface area contributed by atoms with Gasteiger partial charge in [-0.15, -0.1) is 0 Å². The summed E-state index contributed by atoms with van der Waals surface area (Å²) >= 11 is 18.7. The molecule has 0 aromatic heterocycles. The van der Waals surface area contributed by atoms with Gasteiger partial charge < -0.3 is 15.0 Å². The Morgan fingerprint density at radius 3 is 2.31 bits per heavy atom. The number of benzene rings is 2. The highest BCUT2D eigenvalue weighted by molar-refractivity contribution is 7.92. The van der Waals surface area contributed by atoms with Gasteiger partial charge in [0.25, 0.3) is 0 Å². The summed E-state index contributed by atoms with van der Waals surface area (Å²) in [4.78, 5) is 28.7. The van der Waals surface area contributed by atoms with Crippen molar-refractivity contribution in [3.63, 3.8) is 0 Å². The molecule has 214 valence electrons. The zero-order chi connectivity index (χ0) is 28.7. The van der Waals surface area contributed by atoms with Gasteiger partial charge in [-0.05, 0) is 55.2 Å². The molecule has 1 atom stereocenters. The number of anilines is 1. The van der Waals surface area contributed by atoms with E-state index in [1.54, 1.807) is 18.2 Å². The summed E-state index contributed by atoms with van der Waals surface area (Å²) in [6.45, 7) is 1.26. The summed E-state index contributed by atoms with van der Waals surface area (Å²) in [6.07, 6.45) is 6.32. The van der Waals surface area contributed by atoms with Crippen LogP contribution in [0.5, 0.6) is 5.75 Å². The molecule has 0 heterocycles. The number of hydrogen-bond donors (Lipinski definition) is 1. The van der Waals surface area contributed by atoms with E-state index >= 15 is 0 Å². The van der Waals surface area contributed by atoms with E-state index in [0.29, 0.717) is 27.8 Å². The fourth-order valence-electron chi connectivity index (χ4n) is 4.72. The highest BCUT2D eigenvalue weighted by Crippen LogP contribution is 2.31. The normalized spacial score (nSPS) is 14.9. The summed E-state index contributed by atoms with van der Waals surface area (Å²) in [6, 6.07) is 8.56. The molecule has 8 nitrogen and oxygen atoms in total. The van der Waals surface area contributed by atoms with Crippen LogP contribution in [0, 0.1) is 0 Å². The zero-order valence-corrected chi connectivity index (χ0v) is 25.3. The lowest BCUT2D eigenvalue weighted by atomic mass is 9.95. The lowest BCUT2D eigenvalue weighted by Crippen LogP contribution is -2.54. The molecule has 1 aliphatic carbocycles. The molecule has 0 unspecified atom stereocenters. The van der Waals surface area contributed by atoms with Crippen molar-refractivity contribution in [2.45, 2.75) is 64.1 Å². The zero-order valence-electron chi connectivity index (χ0n) is 22.3. The molecular weight excluding hydrogens is 585 g/mol. The summed E-state index contributed by atoms with van der Waals surface area (Å²) in [5.74, 6) is -0.477. The van der Waals surface area contributed by atoms with E-state index in [9.17, 15) is 18.0 Å². The number of hydrogen-bond acceptors (Lipinski definition) is 5. The Kier molecular flexibility index (Phi) is 11.2. The third kappa shape index (κ3) is 8.39. The van der Waals surface area contributed by atoms with Crippen LogP contribution in [0.1, 0.15) is 51.0 Å². The van der Waals surface area contributed by atoms with Crippen molar-refractivity contribution >= 4 is 62.3 Å². The van der Waals surface area contributed by atoms with Crippen molar-refractivity contribution in [3.8, 4) is 5.75 Å². The van der Waals surface area contributed by atoms with Crippen molar-refractivity contribution in [2.24, 2.45) is 0 Å².